The second kappa shape index (κ2) is 8.38. The van der Waals surface area contributed by atoms with E-state index in [-0.39, 0.29) is 35.7 Å². The molecule has 3 rings (SSSR count). The zero-order chi connectivity index (χ0) is 21.1. The molecule has 2 unspecified atom stereocenters. The lowest BCUT2D eigenvalue weighted by atomic mass is 9.91. The molecule has 1 heterocycles. The van der Waals surface area contributed by atoms with Gasteiger partial charge in [0.05, 0.1) is 31.9 Å². The number of hydrogen-bond acceptors (Lipinski definition) is 8. The van der Waals surface area contributed by atoms with Gasteiger partial charge in [0.2, 0.25) is 0 Å². The molecule has 0 spiro atoms. The Labute approximate surface area is 166 Å². The number of fused-ring (bicyclic) bond motifs is 1. The Bertz CT molecular complexity index is 942. The molecule has 0 amide bonds. The predicted octanol–water partition coefficient (Wildman–Crippen LogP) is 1.26. The van der Waals surface area contributed by atoms with Gasteiger partial charge in [-0.3, -0.25) is 9.59 Å². The number of ketones is 1. The number of aliphatic hydroxyl groups excluding tert-OH is 1. The van der Waals surface area contributed by atoms with E-state index in [9.17, 15) is 19.8 Å². The summed E-state index contributed by atoms with van der Waals surface area (Å²) >= 11 is 0. The maximum Gasteiger partial charge on any atom is 0.317 e. The van der Waals surface area contributed by atoms with E-state index in [0.29, 0.717) is 17.1 Å². The summed E-state index contributed by atoms with van der Waals surface area (Å²) in [4.78, 5) is 23.5. The molecule has 2 aromatic rings. The number of aliphatic hydroxyl groups is 1. The third-order valence-corrected chi connectivity index (χ3v) is 4.63. The quantitative estimate of drug-likeness (QED) is 0.539. The molecule has 0 bridgehead atoms. The van der Waals surface area contributed by atoms with Crippen molar-refractivity contribution in [3.63, 3.8) is 0 Å². The van der Waals surface area contributed by atoms with Crippen molar-refractivity contribution in [2.75, 3.05) is 20.8 Å². The number of hydrogen-bond donors (Lipinski definition) is 4. The van der Waals surface area contributed by atoms with Crippen LogP contribution in [0.5, 0.6) is 23.0 Å². The monoisotopic (exact) mass is 403 g/mol. The molecule has 4 N–H and O–H groups in total. The van der Waals surface area contributed by atoms with E-state index in [0.717, 1.165) is 0 Å². The Morgan fingerprint density at radius 1 is 1.21 bits per heavy atom. The number of ether oxygens (including phenoxy) is 3. The van der Waals surface area contributed by atoms with Gasteiger partial charge in [0.1, 0.15) is 23.0 Å². The third-order valence-electron chi connectivity index (χ3n) is 4.63. The van der Waals surface area contributed by atoms with Crippen molar-refractivity contribution in [3.05, 3.63) is 47.0 Å². The molecule has 2 aromatic carbocycles. The van der Waals surface area contributed by atoms with Crippen molar-refractivity contribution in [2.24, 2.45) is 0 Å². The van der Waals surface area contributed by atoms with Crippen molar-refractivity contribution < 1.29 is 39.1 Å². The number of nitrogens with one attached hydrogen (secondary N) is 1. The van der Waals surface area contributed by atoms with Crippen LogP contribution in [-0.4, -0.2) is 53.9 Å². The summed E-state index contributed by atoms with van der Waals surface area (Å²) in [6, 6.07) is 7.53. The van der Waals surface area contributed by atoms with Crippen LogP contribution >= 0.6 is 0 Å². The molecule has 0 aliphatic carbocycles. The average molecular weight is 403 g/mol. The van der Waals surface area contributed by atoms with Crippen LogP contribution in [-0.2, 0) is 11.3 Å². The number of phenolic OH excluding ortho intramolecular Hbond substituents is 1. The van der Waals surface area contributed by atoms with Gasteiger partial charge < -0.3 is 34.8 Å². The number of rotatable bonds is 7. The number of carbonyl (C=O) groups excluding carboxylic acids is 1. The zero-order valence-electron chi connectivity index (χ0n) is 15.8. The molecule has 0 fully saturated rings. The molecule has 0 radical (unpaired) electrons. The normalized spacial score (nSPS) is 18.0. The topological polar surface area (TPSA) is 135 Å². The summed E-state index contributed by atoms with van der Waals surface area (Å²) < 4.78 is 16.5. The fraction of sp³-hybridized carbons (Fsp3) is 0.300. The summed E-state index contributed by atoms with van der Waals surface area (Å²) in [7, 11) is 2.94. The lowest BCUT2D eigenvalue weighted by molar-refractivity contribution is -0.136. The zero-order valence-corrected chi connectivity index (χ0v) is 15.8. The number of carbonyl (C=O) groups is 2. The molecule has 0 aromatic heterocycles. The van der Waals surface area contributed by atoms with Crippen LogP contribution in [0.4, 0.5) is 0 Å². The van der Waals surface area contributed by atoms with E-state index < -0.39 is 24.0 Å². The molecule has 0 saturated carbocycles. The summed E-state index contributed by atoms with van der Waals surface area (Å²) in [5.41, 5.74) is 0.750. The van der Waals surface area contributed by atoms with Crippen LogP contribution in [0.3, 0.4) is 0 Å². The minimum atomic E-state index is -1.49. The average Bonchev–Trinajstić information content (AvgIpc) is 2.71. The Morgan fingerprint density at radius 3 is 2.62 bits per heavy atom. The van der Waals surface area contributed by atoms with Gasteiger partial charge in [0.25, 0.3) is 0 Å². The predicted molar refractivity (Wildman–Crippen MR) is 101 cm³/mol. The molecule has 1 aliphatic heterocycles. The SMILES string of the molecule is COc1ccc(C2Oc3c(ccc(O)c3CNCC(=O)O)C(=O)C2O)c(OC)c1. The Kier molecular flexibility index (Phi) is 5.90. The third kappa shape index (κ3) is 3.96. The highest BCUT2D eigenvalue weighted by Gasteiger charge is 2.40. The molecular formula is C20H21NO8. The van der Waals surface area contributed by atoms with Gasteiger partial charge in [-0.2, -0.15) is 0 Å². The first-order valence-corrected chi connectivity index (χ1v) is 8.75. The molecule has 2 atom stereocenters. The van der Waals surface area contributed by atoms with Crippen LogP contribution in [0.1, 0.15) is 27.6 Å². The first-order chi connectivity index (χ1) is 13.9. The molecular weight excluding hydrogens is 382 g/mol. The van der Waals surface area contributed by atoms with Gasteiger partial charge in [0.15, 0.2) is 18.0 Å². The number of carboxylic acid groups (broad SMARTS) is 1. The van der Waals surface area contributed by atoms with E-state index in [4.69, 9.17) is 19.3 Å². The molecule has 29 heavy (non-hydrogen) atoms. The molecule has 0 saturated heterocycles. The standard InChI is InChI=1S/C20H21NO8/c1-27-10-3-4-11(15(7-10)28-2)20-18(26)17(25)12-5-6-14(22)13(19(12)29-20)8-21-9-16(23)24/h3-7,18,20-22,26H,8-9H2,1-2H3,(H,23,24). The molecule has 154 valence electrons. The van der Waals surface area contributed by atoms with Gasteiger partial charge in [-0.25, -0.2) is 0 Å². The van der Waals surface area contributed by atoms with Crippen molar-refractivity contribution in [1.82, 2.24) is 5.32 Å². The number of aliphatic carboxylic acids is 1. The lowest BCUT2D eigenvalue weighted by Gasteiger charge is -2.32. The number of carboxylic acids is 1. The van der Waals surface area contributed by atoms with Crippen molar-refractivity contribution in [3.8, 4) is 23.0 Å². The van der Waals surface area contributed by atoms with Crippen molar-refractivity contribution >= 4 is 11.8 Å². The molecule has 9 heteroatoms. The van der Waals surface area contributed by atoms with Crippen LogP contribution in [0, 0.1) is 0 Å². The maximum atomic E-state index is 12.8. The first kappa shape index (κ1) is 20.4. The summed E-state index contributed by atoms with van der Waals surface area (Å²) in [6.07, 6.45) is -2.58. The lowest BCUT2D eigenvalue weighted by Crippen LogP contribution is -2.37. The van der Waals surface area contributed by atoms with Crippen molar-refractivity contribution in [2.45, 2.75) is 18.8 Å². The van der Waals surface area contributed by atoms with Gasteiger partial charge in [-0.05, 0) is 24.3 Å². The largest absolute Gasteiger partial charge is 0.507 e. The van der Waals surface area contributed by atoms with Gasteiger partial charge in [0, 0.05) is 18.2 Å². The fourth-order valence-corrected chi connectivity index (χ4v) is 3.19. The minimum Gasteiger partial charge on any atom is -0.507 e. The number of aromatic hydroxyl groups is 1. The number of methoxy groups -OCH3 is 2. The number of benzene rings is 2. The highest BCUT2D eigenvalue weighted by atomic mass is 16.5. The smallest absolute Gasteiger partial charge is 0.317 e. The number of phenols is 1. The van der Waals surface area contributed by atoms with Crippen LogP contribution in [0.25, 0.3) is 0 Å². The fourth-order valence-electron chi connectivity index (χ4n) is 3.19. The second-order valence-electron chi connectivity index (χ2n) is 6.39. The van der Waals surface area contributed by atoms with Gasteiger partial charge >= 0.3 is 5.97 Å². The van der Waals surface area contributed by atoms with E-state index in [2.05, 4.69) is 5.32 Å². The van der Waals surface area contributed by atoms with Gasteiger partial charge in [-0.15, -0.1) is 0 Å². The Balaban J connectivity index is 2.02. The van der Waals surface area contributed by atoms with Crippen LogP contribution in [0.2, 0.25) is 0 Å². The number of Topliss-reactive ketones (excluding diaryl/α,β-unsaturated/α-hetero) is 1. The highest BCUT2D eigenvalue weighted by molar-refractivity contribution is 6.03. The van der Waals surface area contributed by atoms with E-state index in [1.54, 1.807) is 18.2 Å². The minimum absolute atomic E-state index is 0.0445. The summed E-state index contributed by atoms with van der Waals surface area (Å²) in [5.74, 6) is -0.835. The van der Waals surface area contributed by atoms with Crippen LogP contribution < -0.4 is 19.5 Å². The van der Waals surface area contributed by atoms with Gasteiger partial charge in [-0.1, -0.05) is 0 Å². The summed E-state index contributed by atoms with van der Waals surface area (Å²) in [6.45, 7) is -0.382. The summed E-state index contributed by atoms with van der Waals surface area (Å²) in [5, 5.41) is 32.3. The first-order valence-electron chi connectivity index (χ1n) is 8.75. The van der Waals surface area contributed by atoms with E-state index in [1.807, 2.05) is 0 Å². The maximum absolute atomic E-state index is 12.8. The van der Waals surface area contributed by atoms with Crippen molar-refractivity contribution in [1.29, 1.82) is 0 Å². The van der Waals surface area contributed by atoms with E-state index in [1.165, 1.54) is 26.4 Å². The Morgan fingerprint density at radius 2 is 1.97 bits per heavy atom. The second-order valence-corrected chi connectivity index (χ2v) is 6.39. The molecule has 9 nitrogen and oxygen atoms in total. The Hall–Kier alpha value is -3.30. The highest BCUT2D eigenvalue weighted by Crippen LogP contribution is 2.43. The van der Waals surface area contributed by atoms with Crippen LogP contribution in [0.15, 0.2) is 30.3 Å². The molecule has 1 aliphatic rings. The van der Waals surface area contributed by atoms with E-state index >= 15 is 0 Å².